The molecule has 19 rings (SSSR count). The Balaban J connectivity index is 0.000000127. The Hall–Kier alpha value is -14.1. The fourth-order valence-corrected chi connectivity index (χ4v) is 16.2. The Morgan fingerprint density at radius 3 is 1.14 bits per heavy atom. The fraction of sp³-hybridized carbons (Fsp3) is 0.175. The SMILES string of the molecule is CC(c1nc2ccc(F)cn2c(=O)c1-c1cccc(F)c1)n1nc(-c2cnc(C(C)(C)C)s2)c2c(N)ncnc21.CC(c1nc2ccc(F)cn2c(=O)c1-c1cccc(F)c1)n1nc(-c2cnc(OC3CC3)s2)c2c(N)ncnc21.CNc1ncc(-c2nn(C(C)c3nc4ccc(F)cn4c(=O)c3-c3cccc(F)c3)c3ncnc(N)c23)s1. The maximum Gasteiger partial charge on any atom is 0.274 e. The number of nitrogens with zero attached hydrogens (tertiary/aromatic N) is 21. The number of thiazole rings is 3. The van der Waals surface area contributed by atoms with Crippen LogP contribution in [0.15, 0.2) is 180 Å². The molecule has 0 aliphatic heterocycles. The second-order valence-corrected chi connectivity index (χ2v) is 31.5. The standard InChI is InChI=1S/C28H24F2N8OS.C27H20F2N8O2S.C25H19F2N9OS/c1-14(22-20(15-6-5-7-16(29)10-15)26(39)37-12-17(30)8-9-19(37)35-22)38-25-21(24(31)33-13-34-25)23(36-38)18-11-32-27(40-18)28(2,3)4;1-13(22-20(14-3-2-4-15(28)9-14)26(38)36-11-16(29)5-8-19(36)34-22)37-25-21(24(30)32-12-33-25)23(35-37)18-10-31-27(40-18)39-17-6-7-17;1-12(36-23-19(22(28)31-11-32-23)21(34-36)16-9-30-25(29-2)38-16)20-18(13-4-3-5-14(26)8-13)24(37)35-10-15(27)6-7-17(35)33-20/h5-14H,1-4H3,(H2,31,33,34);2-5,8-13,17H,6-7H2,1H3,(H2,30,32,33);3-12H,1-2H3,(H,29,30)(H2,28,31,32). The number of pyridine rings is 3. The van der Waals surface area contributed by atoms with Gasteiger partial charge in [0.1, 0.15) is 111 Å². The van der Waals surface area contributed by atoms with Gasteiger partial charge in [0.15, 0.2) is 22.1 Å². The van der Waals surface area contributed by atoms with E-state index in [9.17, 15) is 40.7 Å². The lowest BCUT2D eigenvalue weighted by molar-refractivity contribution is 0.301. The number of halogens is 6. The first-order valence-electron chi connectivity index (χ1n) is 36.4. The zero-order valence-corrected chi connectivity index (χ0v) is 65.5. The summed E-state index contributed by atoms with van der Waals surface area (Å²) in [7, 11) is 1.77. The number of fused-ring (bicyclic) bond motifs is 6. The third kappa shape index (κ3) is 14.1. The number of benzene rings is 3. The van der Waals surface area contributed by atoms with Crippen LogP contribution in [-0.4, -0.2) is 116 Å². The van der Waals surface area contributed by atoms with Crippen LogP contribution in [0.2, 0.25) is 0 Å². The molecule has 3 atom stereocenters. The molecule has 1 aliphatic rings. The first kappa shape index (κ1) is 76.5. The van der Waals surface area contributed by atoms with Gasteiger partial charge >= 0.3 is 0 Å². The van der Waals surface area contributed by atoms with Gasteiger partial charge in [0, 0.05) is 43.4 Å². The second-order valence-electron chi connectivity index (χ2n) is 28.4. The van der Waals surface area contributed by atoms with E-state index in [1.165, 1.54) is 144 Å². The zero-order chi connectivity index (χ0) is 82.4. The van der Waals surface area contributed by atoms with Crippen LogP contribution in [0.3, 0.4) is 0 Å². The number of aromatic nitrogens is 21. The summed E-state index contributed by atoms with van der Waals surface area (Å²) in [5, 5.41) is 21.3. The van der Waals surface area contributed by atoms with Crippen LogP contribution in [0, 0.1) is 34.9 Å². The average molecular weight is 1650 g/mol. The van der Waals surface area contributed by atoms with Gasteiger partial charge in [-0.1, -0.05) is 79.8 Å². The lowest BCUT2D eigenvalue weighted by Crippen LogP contribution is -2.23. The number of hydrogen-bond acceptors (Lipinski definition) is 26. The van der Waals surface area contributed by atoms with Crippen LogP contribution in [0.1, 0.15) is 94.6 Å². The van der Waals surface area contributed by atoms with Crippen LogP contribution in [0.25, 0.3) is 115 Å². The Morgan fingerprint density at radius 1 is 0.449 bits per heavy atom. The minimum atomic E-state index is -0.679. The van der Waals surface area contributed by atoms with Gasteiger partial charge in [0.2, 0.25) is 0 Å². The van der Waals surface area contributed by atoms with Gasteiger partial charge in [0.25, 0.3) is 21.9 Å². The third-order valence-electron chi connectivity index (χ3n) is 19.5. The van der Waals surface area contributed by atoms with Crippen LogP contribution < -0.4 is 43.9 Å². The van der Waals surface area contributed by atoms with Crippen molar-refractivity contribution in [3.63, 3.8) is 0 Å². The molecule has 1 aliphatic carbocycles. The summed E-state index contributed by atoms with van der Waals surface area (Å²) in [6.07, 6.45) is 14.5. The molecule has 0 spiro atoms. The summed E-state index contributed by atoms with van der Waals surface area (Å²) in [4.78, 5) is 96.7. The summed E-state index contributed by atoms with van der Waals surface area (Å²) in [6, 6.07) is 22.8. The largest absolute Gasteiger partial charge is 0.467 e. The van der Waals surface area contributed by atoms with Gasteiger partial charge in [-0.3, -0.25) is 27.6 Å². The van der Waals surface area contributed by atoms with Crippen molar-refractivity contribution < 1.29 is 31.1 Å². The first-order valence-corrected chi connectivity index (χ1v) is 38.8. The van der Waals surface area contributed by atoms with E-state index in [-0.39, 0.29) is 62.6 Å². The highest BCUT2D eigenvalue weighted by atomic mass is 32.1. The van der Waals surface area contributed by atoms with E-state index < -0.39 is 69.7 Å². The molecule has 15 aromatic heterocycles. The maximum absolute atomic E-state index is 14.3. The molecule has 0 saturated heterocycles. The van der Waals surface area contributed by atoms with Crippen LogP contribution in [-0.2, 0) is 5.41 Å². The normalized spacial score (nSPS) is 13.1. The Kier molecular flexibility index (Phi) is 19.6. The average Bonchev–Trinajstić information content (AvgIpc) is 1.09. The number of nitrogens with two attached hydrogens (primary N) is 3. The van der Waals surface area contributed by atoms with Gasteiger partial charge in [0.05, 0.1) is 93.9 Å². The Labute approximate surface area is 673 Å². The minimum Gasteiger partial charge on any atom is -0.467 e. The first-order chi connectivity index (χ1) is 56.7. The number of anilines is 4. The van der Waals surface area contributed by atoms with Crippen molar-refractivity contribution in [2.45, 2.75) is 84.0 Å². The lowest BCUT2D eigenvalue weighted by atomic mass is 9.98. The predicted octanol–water partition coefficient (Wildman–Crippen LogP) is 14.2. The highest BCUT2D eigenvalue weighted by Crippen LogP contribution is 2.44. The molecule has 38 heteroatoms. The van der Waals surface area contributed by atoms with Crippen molar-refractivity contribution in [3.05, 3.63) is 253 Å². The highest BCUT2D eigenvalue weighted by molar-refractivity contribution is 7.19. The van der Waals surface area contributed by atoms with E-state index in [1.54, 1.807) is 71.7 Å². The molecule has 1 fully saturated rings. The zero-order valence-electron chi connectivity index (χ0n) is 63.1. The van der Waals surface area contributed by atoms with Crippen molar-refractivity contribution in [2.75, 3.05) is 29.6 Å². The molecule has 15 heterocycles. The predicted molar refractivity (Wildman–Crippen MR) is 436 cm³/mol. The summed E-state index contributed by atoms with van der Waals surface area (Å²) >= 11 is 4.22. The molecule has 29 nitrogen and oxygen atoms in total. The van der Waals surface area contributed by atoms with Crippen molar-refractivity contribution in [1.82, 2.24) is 102 Å². The van der Waals surface area contributed by atoms with Crippen molar-refractivity contribution in [3.8, 4) is 70.3 Å². The highest BCUT2D eigenvalue weighted by Gasteiger charge is 2.33. The van der Waals surface area contributed by atoms with Gasteiger partial charge in [-0.2, -0.15) is 15.3 Å². The minimum absolute atomic E-state index is 0.111. The quantitative estimate of drug-likeness (QED) is 0.0693. The second kappa shape index (κ2) is 30.2. The molecule has 1 saturated carbocycles. The smallest absolute Gasteiger partial charge is 0.274 e. The number of hydrogen-bond donors (Lipinski definition) is 4. The number of rotatable bonds is 15. The van der Waals surface area contributed by atoms with Gasteiger partial charge in [-0.05, 0) is 123 Å². The van der Waals surface area contributed by atoms with Crippen LogP contribution >= 0.6 is 34.0 Å². The summed E-state index contributed by atoms with van der Waals surface area (Å²) in [5.74, 6) is -2.68. The number of nitrogen functional groups attached to an aromatic ring is 3. The van der Waals surface area contributed by atoms with Gasteiger partial charge in [-0.25, -0.2) is 100 Å². The lowest BCUT2D eigenvalue weighted by Gasteiger charge is -2.18. The van der Waals surface area contributed by atoms with Gasteiger partial charge in [-0.15, -0.1) is 11.3 Å². The van der Waals surface area contributed by atoms with E-state index in [4.69, 9.17) is 52.2 Å². The number of ether oxygens (including phenoxy) is 1. The summed E-state index contributed by atoms with van der Waals surface area (Å²) in [5.41, 5.74) is 22.8. The molecular formula is C80H63F6N25O4S3. The molecule has 7 N–H and O–H groups in total. The maximum atomic E-state index is 14.3. The molecule has 0 amide bonds. The van der Waals surface area contributed by atoms with E-state index >= 15 is 0 Å². The molecule has 3 unspecified atom stereocenters. The van der Waals surface area contributed by atoms with Crippen molar-refractivity contribution >= 4 is 107 Å². The summed E-state index contributed by atoms with van der Waals surface area (Å²) < 4.78 is 99.1. The third-order valence-corrected chi connectivity index (χ3v) is 22.8. The Morgan fingerprint density at radius 2 is 0.805 bits per heavy atom. The van der Waals surface area contributed by atoms with Crippen LogP contribution in [0.5, 0.6) is 5.19 Å². The molecule has 18 aromatic rings. The van der Waals surface area contributed by atoms with Crippen LogP contribution in [0.4, 0.5) is 48.9 Å². The molecule has 118 heavy (non-hydrogen) atoms. The van der Waals surface area contributed by atoms with Gasteiger partial charge < -0.3 is 27.3 Å². The monoisotopic (exact) mass is 1650 g/mol. The Bertz CT molecular complexity index is 7250. The molecule has 0 bridgehead atoms. The van der Waals surface area contributed by atoms with Crippen molar-refractivity contribution in [2.24, 2.45) is 0 Å². The molecule has 3 aromatic carbocycles. The topological polar surface area (TPSA) is 372 Å². The van der Waals surface area contributed by atoms with E-state index in [0.717, 1.165) is 59.4 Å². The number of nitrogens with one attached hydrogen (secondary N) is 1. The molecular weight excluding hydrogens is 1590 g/mol. The molecule has 592 valence electrons. The van der Waals surface area contributed by atoms with E-state index in [0.29, 0.717) is 99.2 Å². The van der Waals surface area contributed by atoms with E-state index in [2.05, 4.69) is 70.9 Å². The summed E-state index contributed by atoms with van der Waals surface area (Å²) in [6.45, 7) is 11.6. The fourth-order valence-electron chi connectivity index (χ4n) is 13.7. The van der Waals surface area contributed by atoms with Crippen molar-refractivity contribution in [1.29, 1.82) is 0 Å². The molecule has 0 radical (unpaired) electrons. The van der Waals surface area contributed by atoms with E-state index in [1.807, 2.05) is 6.92 Å².